The molecule has 1 atom stereocenters. The predicted molar refractivity (Wildman–Crippen MR) is 70.6 cm³/mol. The second-order valence-corrected chi connectivity index (χ2v) is 5.65. The summed E-state index contributed by atoms with van der Waals surface area (Å²) in [5.74, 6) is 0. The molecule has 0 bridgehead atoms. The van der Waals surface area contributed by atoms with Crippen molar-refractivity contribution in [3.05, 3.63) is 38.3 Å². The average Bonchev–Trinajstić information content (AvgIpc) is 2.74. The number of thiophene rings is 1. The molecule has 0 amide bonds. The van der Waals surface area contributed by atoms with Gasteiger partial charge in [0.25, 0.3) is 0 Å². The SMILES string of the molecule is Cc1cc(CC(N)c2sccc2Br)n(C)n1. The van der Waals surface area contributed by atoms with E-state index in [1.807, 2.05) is 30.1 Å². The molecule has 2 aromatic heterocycles. The van der Waals surface area contributed by atoms with Crippen LogP contribution in [0.3, 0.4) is 0 Å². The van der Waals surface area contributed by atoms with Crippen molar-refractivity contribution in [2.24, 2.45) is 12.8 Å². The Morgan fingerprint density at radius 1 is 1.62 bits per heavy atom. The summed E-state index contributed by atoms with van der Waals surface area (Å²) in [6.07, 6.45) is 0.816. The Hall–Kier alpha value is -0.650. The van der Waals surface area contributed by atoms with Crippen LogP contribution in [0.4, 0.5) is 0 Å². The summed E-state index contributed by atoms with van der Waals surface area (Å²) in [5.41, 5.74) is 8.40. The van der Waals surface area contributed by atoms with Gasteiger partial charge in [0.1, 0.15) is 0 Å². The van der Waals surface area contributed by atoms with E-state index in [1.165, 1.54) is 10.6 Å². The maximum absolute atomic E-state index is 6.19. The minimum absolute atomic E-state index is 0.0316. The number of nitrogens with two attached hydrogens (primary N) is 1. The van der Waals surface area contributed by atoms with Crippen molar-refractivity contribution in [3.63, 3.8) is 0 Å². The third-order valence-electron chi connectivity index (χ3n) is 2.51. The zero-order valence-electron chi connectivity index (χ0n) is 9.27. The molecule has 0 aliphatic carbocycles. The monoisotopic (exact) mass is 299 g/mol. The molecular formula is C11H14BrN3S. The van der Waals surface area contributed by atoms with Crippen LogP contribution in [-0.4, -0.2) is 9.78 Å². The Balaban J connectivity index is 2.16. The van der Waals surface area contributed by atoms with Gasteiger partial charge in [0, 0.05) is 34.6 Å². The molecule has 2 heterocycles. The van der Waals surface area contributed by atoms with Crippen molar-refractivity contribution in [2.45, 2.75) is 19.4 Å². The largest absolute Gasteiger partial charge is 0.323 e. The van der Waals surface area contributed by atoms with Crippen molar-refractivity contribution < 1.29 is 0 Å². The van der Waals surface area contributed by atoms with Gasteiger partial charge in [-0.15, -0.1) is 11.3 Å². The lowest BCUT2D eigenvalue weighted by atomic mass is 10.1. The van der Waals surface area contributed by atoms with Gasteiger partial charge >= 0.3 is 0 Å². The number of aryl methyl sites for hydroxylation is 2. The molecule has 2 N–H and O–H groups in total. The molecule has 5 heteroatoms. The molecule has 16 heavy (non-hydrogen) atoms. The van der Waals surface area contributed by atoms with E-state index in [-0.39, 0.29) is 6.04 Å². The first-order chi connectivity index (χ1) is 7.58. The Morgan fingerprint density at radius 2 is 2.38 bits per heavy atom. The molecule has 0 spiro atoms. The van der Waals surface area contributed by atoms with Crippen molar-refractivity contribution in [3.8, 4) is 0 Å². The van der Waals surface area contributed by atoms with Gasteiger partial charge in [-0.05, 0) is 40.4 Å². The smallest absolute Gasteiger partial charge is 0.0596 e. The van der Waals surface area contributed by atoms with E-state index in [1.54, 1.807) is 11.3 Å². The summed E-state index contributed by atoms with van der Waals surface area (Å²) in [6.45, 7) is 2.00. The Morgan fingerprint density at radius 3 is 2.88 bits per heavy atom. The summed E-state index contributed by atoms with van der Waals surface area (Å²) in [6, 6.07) is 4.15. The van der Waals surface area contributed by atoms with Crippen molar-refractivity contribution in [1.29, 1.82) is 0 Å². The van der Waals surface area contributed by atoms with Gasteiger partial charge in [0.05, 0.1) is 5.69 Å². The van der Waals surface area contributed by atoms with Crippen molar-refractivity contribution >= 4 is 27.3 Å². The molecule has 3 nitrogen and oxygen atoms in total. The van der Waals surface area contributed by atoms with E-state index in [0.29, 0.717) is 0 Å². The molecule has 86 valence electrons. The summed E-state index contributed by atoms with van der Waals surface area (Å²) in [7, 11) is 1.96. The number of nitrogens with zero attached hydrogens (tertiary/aromatic N) is 2. The number of hydrogen-bond acceptors (Lipinski definition) is 3. The topological polar surface area (TPSA) is 43.8 Å². The Labute approximate surface area is 107 Å². The van der Waals surface area contributed by atoms with Crippen LogP contribution in [0.2, 0.25) is 0 Å². The average molecular weight is 300 g/mol. The lowest BCUT2D eigenvalue weighted by Crippen LogP contribution is -2.14. The van der Waals surface area contributed by atoms with Crippen LogP contribution in [0.25, 0.3) is 0 Å². The lowest BCUT2D eigenvalue weighted by Gasteiger charge is -2.10. The highest BCUT2D eigenvalue weighted by Crippen LogP contribution is 2.29. The fourth-order valence-electron chi connectivity index (χ4n) is 1.74. The van der Waals surface area contributed by atoms with E-state index in [2.05, 4.69) is 27.1 Å². The third kappa shape index (κ3) is 2.36. The second kappa shape index (κ2) is 4.69. The van der Waals surface area contributed by atoms with Crippen LogP contribution in [0.5, 0.6) is 0 Å². The van der Waals surface area contributed by atoms with Crippen LogP contribution in [0.15, 0.2) is 22.0 Å². The highest BCUT2D eigenvalue weighted by molar-refractivity contribution is 9.10. The molecule has 1 unspecified atom stereocenters. The number of rotatable bonds is 3. The third-order valence-corrected chi connectivity index (χ3v) is 4.51. The minimum Gasteiger partial charge on any atom is -0.323 e. The maximum Gasteiger partial charge on any atom is 0.0596 e. The molecule has 0 radical (unpaired) electrons. The molecular weight excluding hydrogens is 286 g/mol. The van der Waals surface area contributed by atoms with E-state index < -0.39 is 0 Å². The van der Waals surface area contributed by atoms with E-state index in [9.17, 15) is 0 Å². The first-order valence-electron chi connectivity index (χ1n) is 5.06. The fraction of sp³-hybridized carbons (Fsp3) is 0.364. The molecule has 0 aliphatic rings. The molecule has 2 aromatic rings. The predicted octanol–water partition coefficient (Wildman–Crippen LogP) is 2.80. The van der Waals surface area contributed by atoms with E-state index >= 15 is 0 Å². The fourth-order valence-corrected chi connectivity index (χ4v) is 3.41. The zero-order valence-corrected chi connectivity index (χ0v) is 11.7. The van der Waals surface area contributed by atoms with Crippen molar-refractivity contribution in [1.82, 2.24) is 9.78 Å². The van der Waals surface area contributed by atoms with Gasteiger partial charge < -0.3 is 5.73 Å². The number of aromatic nitrogens is 2. The van der Waals surface area contributed by atoms with E-state index in [4.69, 9.17) is 5.73 Å². The highest BCUT2D eigenvalue weighted by atomic mass is 79.9. The summed E-state index contributed by atoms with van der Waals surface area (Å²) >= 11 is 5.20. The summed E-state index contributed by atoms with van der Waals surface area (Å²) in [5, 5.41) is 6.37. The van der Waals surface area contributed by atoms with Crippen LogP contribution in [-0.2, 0) is 13.5 Å². The van der Waals surface area contributed by atoms with Gasteiger partial charge in [-0.3, -0.25) is 4.68 Å². The second-order valence-electron chi connectivity index (χ2n) is 3.84. The first-order valence-corrected chi connectivity index (χ1v) is 6.73. The zero-order chi connectivity index (χ0) is 11.7. The summed E-state index contributed by atoms with van der Waals surface area (Å²) < 4.78 is 3.00. The molecule has 0 fully saturated rings. The van der Waals surface area contributed by atoms with Gasteiger partial charge in [-0.2, -0.15) is 5.10 Å². The van der Waals surface area contributed by atoms with Gasteiger partial charge in [0.15, 0.2) is 0 Å². The Kier molecular flexibility index (Phi) is 3.47. The molecule has 0 aliphatic heterocycles. The molecule has 2 rings (SSSR count). The van der Waals surface area contributed by atoms with Crippen LogP contribution in [0.1, 0.15) is 22.3 Å². The quantitative estimate of drug-likeness (QED) is 0.947. The first kappa shape index (κ1) is 11.8. The summed E-state index contributed by atoms with van der Waals surface area (Å²) in [4.78, 5) is 1.19. The van der Waals surface area contributed by atoms with Gasteiger partial charge in [-0.1, -0.05) is 0 Å². The van der Waals surface area contributed by atoms with Crippen LogP contribution >= 0.6 is 27.3 Å². The molecule has 0 saturated heterocycles. The highest BCUT2D eigenvalue weighted by Gasteiger charge is 2.14. The molecule has 0 saturated carbocycles. The minimum atomic E-state index is 0.0316. The normalized spacial score (nSPS) is 13.0. The van der Waals surface area contributed by atoms with Gasteiger partial charge in [-0.25, -0.2) is 0 Å². The number of hydrogen-bond donors (Lipinski definition) is 1. The lowest BCUT2D eigenvalue weighted by molar-refractivity contribution is 0.644. The molecule has 0 aromatic carbocycles. The number of halogens is 1. The van der Waals surface area contributed by atoms with Crippen LogP contribution in [0, 0.1) is 6.92 Å². The van der Waals surface area contributed by atoms with E-state index in [0.717, 1.165) is 16.6 Å². The maximum atomic E-state index is 6.19. The van der Waals surface area contributed by atoms with Gasteiger partial charge in [0.2, 0.25) is 0 Å². The van der Waals surface area contributed by atoms with Crippen molar-refractivity contribution in [2.75, 3.05) is 0 Å². The Bertz CT molecular complexity index is 489. The standard InChI is InChI=1S/C11H14BrN3S/c1-7-5-8(15(2)14-7)6-10(13)11-9(12)3-4-16-11/h3-5,10H,6,13H2,1-2H3. The van der Waals surface area contributed by atoms with Crippen LogP contribution < -0.4 is 5.73 Å².